The van der Waals surface area contributed by atoms with E-state index in [2.05, 4.69) is 9.97 Å². The summed E-state index contributed by atoms with van der Waals surface area (Å²) in [6.07, 6.45) is 5.95. The molecule has 5 nitrogen and oxygen atoms in total. The van der Waals surface area contributed by atoms with Crippen LogP contribution < -0.4 is 9.47 Å². The summed E-state index contributed by atoms with van der Waals surface area (Å²) >= 11 is 0. The summed E-state index contributed by atoms with van der Waals surface area (Å²) in [6.45, 7) is 0.902. The Balaban J connectivity index is 1.74. The third-order valence-electron chi connectivity index (χ3n) is 4.01. The van der Waals surface area contributed by atoms with Gasteiger partial charge in [0.2, 0.25) is 0 Å². The van der Waals surface area contributed by atoms with Crippen molar-refractivity contribution in [3.05, 3.63) is 18.0 Å². The molecule has 1 N–H and O–H groups in total. The molecular formula is C16H22N2O3. The minimum atomic E-state index is 0.385. The lowest BCUT2D eigenvalue weighted by atomic mass is 10.0. The van der Waals surface area contributed by atoms with E-state index in [0.29, 0.717) is 11.9 Å². The van der Waals surface area contributed by atoms with Crippen LogP contribution >= 0.6 is 0 Å². The van der Waals surface area contributed by atoms with E-state index in [1.54, 1.807) is 14.2 Å². The third kappa shape index (κ3) is 3.13. The highest BCUT2D eigenvalue weighted by atomic mass is 16.5. The first kappa shape index (κ1) is 14.2. The molecule has 1 aromatic heterocycles. The van der Waals surface area contributed by atoms with Crippen LogP contribution in [0.25, 0.3) is 11.0 Å². The van der Waals surface area contributed by atoms with Crippen LogP contribution in [-0.2, 0) is 11.2 Å². The lowest BCUT2D eigenvalue weighted by molar-refractivity contribution is 0.0112. The zero-order valence-corrected chi connectivity index (χ0v) is 12.6. The molecule has 0 amide bonds. The Kier molecular flexibility index (Phi) is 4.29. The van der Waals surface area contributed by atoms with Crippen LogP contribution in [0.4, 0.5) is 0 Å². The minimum absolute atomic E-state index is 0.385. The monoisotopic (exact) mass is 290 g/mol. The fourth-order valence-corrected chi connectivity index (χ4v) is 2.84. The predicted molar refractivity (Wildman–Crippen MR) is 81.1 cm³/mol. The van der Waals surface area contributed by atoms with Gasteiger partial charge in [-0.2, -0.15) is 0 Å². The topological polar surface area (TPSA) is 56.4 Å². The maximum absolute atomic E-state index is 5.77. The summed E-state index contributed by atoms with van der Waals surface area (Å²) < 4.78 is 16.4. The zero-order chi connectivity index (χ0) is 14.7. The Labute approximate surface area is 124 Å². The molecule has 0 radical (unpaired) electrons. The van der Waals surface area contributed by atoms with Crippen molar-refractivity contribution in [3.8, 4) is 11.5 Å². The molecule has 5 heteroatoms. The van der Waals surface area contributed by atoms with Gasteiger partial charge in [-0.15, -0.1) is 0 Å². The van der Waals surface area contributed by atoms with Crippen LogP contribution in [0.3, 0.4) is 0 Å². The maximum Gasteiger partial charge on any atom is 0.163 e. The van der Waals surface area contributed by atoms with E-state index >= 15 is 0 Å². The molecular weight excluding hydrogens is 268 g/mol. The van der Waals surface area contributed by atoms with E-state index in [0.717, 1.165) is 42.1 Å². The number of aromatic nitrogens is 2. The fraction of sp³-hybridized carbons (Fsp3) is 0.562. The van der Waals surface area contributed by atoms with Gasteiger partial charge in [0.05, 0.1) is 31.4 Å². The first-order valence-electron chi connectivity index (χ1n) is 7.52. The molecule has 1 aliphatic heterocycles. The SMILES string of the molecule is COc1cc2nc(CCC3CCCCO3)[nH]c2cc1OC. The number of benzene rings is 1. The van der Waals surface area contributed by atoms with Gasteiger partial charge in [-0.25, -0.2) is 4.98 Å². The number of methoxy groups -OCH3 is 2. The third-order valence-corrected chi connectivity index (χ3v) is 4.01. The van der Waals surface area contributed by atoms with Crippen LogP contribution in [0.5, 0.6) is 11.5 Å². The number of hydrogen-bond acceptors (Lipinski definition) is 4. The van der Waals surface area contributed by atoms with Crippen molar-refractivity contribution in [3.63, 3.8) is 0 Å². The van der Waals surface area contributed by atoms with E-state index in [4.69, 9.17) is 14.2 Å². The molecule has 21 heavy (non-hydrogen) atoms. The van der Waals surface area contributed by atoms with Gasteiger partial charge in [-0.1, -0.05) is 0 Å². The number of nitrogens with one attached hydrogen (secondary N) is 1. The van der Waals surface area contributed by atoms with E-state index in [1.165, 1.54) is 19.3 Å². The van der Waals surface area contributed by atoms with Gasteiger partial charge >= 0.3 is 0 Å². The first-order valence-corrected chi connectivity index (χ1v) is 7.52. The van der Waals surface area contributed by atoms with Crippen LogP contribution in [-0.4, -0.2) is 36.9 Å². The minimum Gasteiger partial charge on any atom is -0.493 e. The number of imidazole rings is 1. The highest BCUT2D eigenvalue weighted by Gasteiger charge is 2.15. The zero-order valence-electron chi connectivity index (χ0n) is 12.6. The van der Waals surface area contributed by atoms with E-state index in [9.17, 15) is 0 Å². The first-order chi connectivity index (χ1) is 10.3. The second-order valence-corrected chi connectivity index (χ2v) is 5.44. The summed E-state index contributed by atoms with van der Waals surface area (Å²) in [6, 6.07) is 3.84. The summed E-state index contributed by atoms with van der Waals surface area (Å²) in [5, 5.41) is 0. The van der Waals surface area contributed by atoms with Gasteiger partial charge < -0.3 is 19.2 Å². The number of nitrogens with zero attached hydrogens (tertiary/aromatic N) is 1. The van der Waals surface area contributed by atoms with Gasteiger partial charge in [-0.3, -0.25) is 0 Å². The molecule has 1 fully saturated rings. The Morgan fingerprint density at radius 1 is 1.24 bits per heavy atom. The highest BCUT2D eigenvalue weighted by Crippen LogP contribution is 2.31. The average molecular weight is 290 g/mol. The van der Waals surface area contributed by atoms with Crippen LogP contribution in [0.1, 0.15) is 31.5 Å². The number of H-pyrrole nitrogens is 1. The molecule has 1 saturated heterocycles. The summed E-state index contributed by atoms with van der Waals surface area (Å²) in [5.74, 6) is 2.42. The molecule has 1 aromatic carbocycles. The van der Waals surface area contributed by atoms with Gasteiger partial charge in [0.15, 0.2) is 11.5 Å². The number of fused-ring (bicyclic) bond motifs is 1. The van der Waals surface area contributed by atoms with Gasteiger partial charge in [0, 0.05) is 25.2 Å². The summed E-state index contributed by atoms with van der Waals surface area (Å²) in [7, 11) is 3.28. The van der Waals surface area contributed by atoms with E-state index < -0.39 is 0 Å². The molecule has 1 aliphatic rings. The summed E-state index contributed by atoms with van der Waals surface area (Å²) in [5.41, 5.74) is 1.89. The quantitative estimate of drug-likeness (QED) is 0.919. The predicted octanol–water partition coefficient (Wildman–Crippen LogP) is 3.08. The Bertz CT molecular complexity index is 562. The van der Waals surface area contributed by atoms with Crippen molar-refractivity contribution in [1.82, 2.24) is 9.97 Å². The van der Waals surface area contributed by atoms with Gasteiger partial charge in [0.25, 0.3) is 0 Å². The molecule has 1 atom stereocenters. The number of rotatable bonds is 5. The smallest absolute Gasteiger partial charge is 0.163 e. The second-order valence-electron chi connectivity index (χ2n) is 5.44. The number of ether oxygens (including phenoxy) is 3. The van der Waals surface area contributed by atoms with Crippen molar-refractivity contribution >= 4 is 11.0 Å². The van der Waals surface area contributed by atoms with Crippen molar-refractivity contribution < 1.29 is 14.2 Å². The van der Waals surface area contributed by atoms with Crippen molar-refractivity contribution in [2.24, 2.45) is 0 Å². The van der Waals surface area contributed by atoms with Crippen molar-refractivity contribution in [2.75, 3.05) is 20.8 Å². The van der Waals surface area contributed by atoms with Crippen LogP contribution in [0.2, 0.25) is 0 Å². The second kappa shape index (κ2) is 6.35. The van der Waals surface area contributed by atoms with Crippen LogP contribution in [0.15, 0.2) is 12.1 Å². The molecule has 2 aromatic rings. The van der Waals surface area contributed by atoms with E-state index in [1.807, 2.05) is 12.1 Å². The van der Waals surface area contributed by atoms with Crippen molar-refractivity contribution in [2.45, 2.75) is 38.2 Å². The maximum atomic E-state index is 5.77. The molecule has 114 valence electrons. The largest absolute Gasteiger partial charge is 0.493 e. The van der Waals surface area contributed by atoms with Gasteiger partial charge in [0.1, 0.15) is 5.82 Å². The fourth-order valence-electron chi connectivity index (χ4n) is 2.84. The van der Waals surface area contributed by atoms with Crippen LogP contribution in [0, 0.1) is 0 Å². The standard InChI is InChI=1S/C16H22N2O3/c1-19-14-9-12-13(10-15(14)20-2)18-16(17-12)7-6-11-5-3-4-8-21-11/h9-11H,3-8H2,1-2H3,(H,17,18). The number of aromatic amines is 1. The number of hydrogen-bond donors (Lipinski definition) is 1. The number of aryl methyl sites for hydroxylation is 1. The molecule has 2 heterocycles. The molecule has 0 bridgehead atoms. The molecule has 3 rings (SSSR count). The highest BCUT2D eigenvalue weighted by molar-refractivity contribution is 5.79. The normalized spacial score (nSPS) is 18.9. The molecule has 0 spiro atoms. The summed E-state index contributed by atoms with van der Waals surface area (Å²) in [4.78, 5) is 7.99. The molecule has 0 aliphatic carbocycles. The lowest BCUT2D eigenvalue weighted by Crippen LogP contribution is -2.19. The molecule has 1 unspecified atom stereocenters. The van der Waals surface area contributed by atoms with Gasteiger partial charge in [-0.05, 0) is 25.7 Å². The lowest BCUT2D eigenvalue weighted by Gasteiger charge is -2.21. The Morgan fingerprint density at radius 2 is 2.05 bits per heavy atom. The average Bonchev–Trinajstić information content (AvgIpc) is 2.94. The Morgan fingerprint density at radius 3 is 2.76 bits per heavy atom. The molecule has 0 saturated carbocycles. The van der Waals surface area contributed by atoms with Crippen molar-refractivity contribution in [1.29, 1.82) is 0 Å². The Hall–Kier alpha value is -1.75. The van der Waals surface area contributed by atoms with E-state index in [-0.39, 0.29) is 0 Å².